The Balaban J connectivity index is 1.77. The van der Waals surface area contributed by atoms with Gasteiger partial charge in [0.15, 0.2) is 0 Å². The summed E-state index contributed by atoms with van der Waals surface area (Å²) in [6.07, 6.45) is 1.66. The van der Waals surface area contributed by atoms with Crippen LogP contribution in [0, 0.1) is 13.8 Å². The average molecular weight is 259 g/mol. The van der Waals surface area contributed by atoms with Crippen LogP contribution in [0.3, 0.4) is 0 Å². The zero-order valence-electron chi connectivity index (χ0n) is 11.1. The molecule has 1 aromatic heterocycles. The summed E-state index contributed by atoms with van der Waals surface area (Å²) in [4.78, 5) is 15.8. The molecule has 5 nitrogen and oxygen atoms in total. The number of oxazole rings is 1. The van der Waals surface area contributed by atoms with Gasteiger partial charge in [0.05, 0.1) is 19.3 Å². The second-order valence-corrected chi connectivity index (χ2v) is 4.33. The van der Waals surface area contributed by atoms with Gasteiger partial charge in [-0.1, -0.05) is 18.2 Å². The molecule has 0 saturated heterocycles. The molecule has 0 bridgehead atoms. The predicted octanol–water partition coefficient (Wildman–Crippen LogP) is 2.02. The number of nitrogens with zero attached hydrogens (tertiary/aromatic N) is 1. The van der Waals surface area contributed by atoms with Crippen LogP contribution in [0.5, 0.6) is 0 Å². The van der Waals surface area contributed by atoms with Crippen LogP contribution in [0.1, 0.15) is 17.2 Å². The Hall–Kier alpha value is -2.14. The summed E-state index contributed by atoms with van der Waals surface area (Å²) in [7, 11) is 0. The van der Waals surface area contributed by atoms with Crippen LogP contribution in [-0.4, -0.2) is 17.4 Å². The molecule has 0 unspecified atom stereocenters. The lowest BCUT2D eigenvalue weighted by atomic mass is 10.2. The Bertz CT molecular complexity index is 563. The summed E-state index contributed by atoms with van der Waals surface area (Å²) in [5, 5.41) is 5.84. The Morgan fingerprint density at radius 1 is 1.32 bits per heavy atom. The summed E-state index contributed by atoms with van der Waals surface area (Å²) in [6, 6.07) is 7.67. The molecule has 0 aliphatic carbocycles. The van der Waals surface area contributed by atoms with Crippen molar-refractivity contribution in [1.29, 1.82) is 0 Å². The van der Waals surface area contributed by atoms with E-state index in [1.54, 1.807) is 6.20 Å². The maximum atomic E-state index is 11.7. The molecule has 100 valence electrons. The molecular weight excluding hydrogens is 242 g/mol. The molecule has 0 fully saturated rings. The van der Waals surface area contributed by atoms with E-state index in [-0.39, 0.29) is 12.5 Å². The van der Waals surface area contributed by atoms with Crippen LogP contribution in [0.15, 0.2) is 34.9 Å². The van der Waals surface area contributed by atoms with Gasteiger partial charge in [0, 0.05) is 5.69 Å². The van der Waals surface area contributed by atoms with Crippen molar-refractivity contribution >= 4 is 11.6 Å². The Morgan fingerprint density at radius 2 is 2.11 bits per heavy atom. The van der Waals surface area contributed by atoms with Crippen molar-refractivity contribution in [2.45, 2.75) is 20.4 Å². The van der Waals surface area contributed by atoms with Crippen LogP contribution in [0.4, 0.5) is 5.69 Å². The fourth-order valence-electron chi connectivity index (χ4n) is 1.67. The Morgan fingerprint density at radius 3 is 2.79 bits per heavy atom. The second-order valence-electron chi connectivity index (χ2n) is 4.33. The third-order valence-corrected chi connectivity index (χ3v) is 2.65. The maximum Gasteiger partial charge on any atom is 0.238 e. The van der Waals surface area contributed by atoms with Crippen LogP contribution in [-0.2, 0) is 11.3 Å². The number of rotatable bonds is 5. The number of nitrogens with one attached hydrogen (secondary N) is 2. The zero-order valence-corrected chi connectivity index (χ0v) is 11.1. The minimum atomic E-state index is -0.0856. The summed E-state index contributed by atoms with van der Waals surface area (Å²) in [6.45, 7) is 4.45. The van der Waals surface area contributed by atoms with E-state index in [1.807, 2.05) is 38.1 Å². The largest absolute Gasteiger partial charge is 0.445 e. The molecule has 0 saturated carbocycles. The lowest BCUT2D eigenvalue weighted by Gasteiger charge is -2.08. The van der Waals surface area contributed by atoms with Crippen molar-refractivity contribution in [2.75, 3.05) is 11.9 Å². The lowest BCUT2D eigenvalue weighted by Crippen LogP contribution is -2.28. The molecule has 0 aliphatic heterocycles. The molecule has 0 atom stereocenters. The monoisotopic (exact) mass is 259 g/mol. The van der Waals surface area contributed by atoms with E-state index in [1.165, 1.54) is 0 Å². The number of hydrogen-bond acceptors (Lipinski definition) is 4. The number of hydrogen-bond donors (Lipinski definition) is 2. The topological polar surface area (TPSA) is 67.2 Å². The molecule has 0 spiro atoms. The van der Waals surface area contributed by atoms with Crippen LogP contribution in [0.25, 0.3) is 0 Å². The van der Waals surface area contributed by atoms with Crippen molar-refractivity contribution in [3.8, 4) is 0 Å². The van der Waals surface area contributed by atoms with Crippen LogP contribution >= 0.6 is 0 Å². The number of amides is 1. The third-order valence-electron chi connectivity index (χ3n) is 2.65. The zero-order chi connectivity index (χ0) is 13.7. The highest BCUT2D eigenvalue weighted by Gasteiger charge is 2.05. The summed E-state index contributed by atoms with van der Waals surface area (Å²) in [5.74, 6) is 1.26. The Labute approximate surface area is 112 Å². The van der Waals surface area contributed by atoms with E-state index in [4.69, 9.17) is 4.42 Å². The van der Waals surface area contributed by atoms with Crippen molar-refractivity contribution in [3.05, 3.63) is 47.7 Å². The van der Waals surface area contributed by atoms with Gasteiger partial charge in [-0.2, -0.15) is 0 Å². The average Bonchev–Trinajstić information content (AvgIpc) is 2.78. The third kappa shape index (κ3) is 3.93. The van der Waals surface area contributed by atoms with Gasteiger partial charge in [0.1, 0.15) is 5.76 Å². The van der Waals surface area contributed by atoms with Gasteiger partial charge in [-0.3, -0.25) is 10.1 Å². The SMILES string of the molecule is Cc1cnc(CNCC(=O)Nc2ccccc2C)o1. The summed E-state index contributed by atoms with van der Waals surface area (Å²) < 4.78 is 5.30. The van der Waals surface area contributed by atoms with Gasteiger partial charge >= 0.3 is 0 Å². The minimum absolute atomic E-state index is 0.0856. The second kappa shape index (κ2) is 6.15. The van der Waals surface area contributed by atoms with Gasteiger partial charge in [0.2, 0.25) is 11.8 Å². The van der Waals surface area contributed by atoms with Crippen molar-refractivity contribution in [3.63, 3.8) is 0 Å². The fraction of sp³-hybridized carbons (Fsp3) is 0.286. The molecule has 1 heterocycles. The van der Waals surface area contributed by atoms with Gasteiger partial charge in [-0.15, -0.1) is 0 Å². The van der Waals surface area contributed by atoms with E-state index >= 15 is 0 Å². The van der Waals surface area contributed by atoms with E-state index < -0.39 is 0 Å². The van der Waals surface area contributed by atoms with E-state index in [0.717, 1.165) is 17.0 Å². The van der Waals surface area contributed by atoms with E-state index in [2.05, 4.69) is 15.6 Å². The smallest absolute Gasteiger partial charge is 0.238 e. The van der Waals surface area contributed by atoms with Crippen molar-refractivity contribution in [2.24, 2.45) is 0 Å². The van der Waals surface area contributed by atoms with Gasteiger partial charge in [-0.25, -0.2) is 4.98 Å². The molecule has 0 aliphatic rings. The minimum Gasteiger partial charge on any atom is -0.445 e. The molecule has 5 heteroatoms. The first-order valence-electron chi connectivity index (χ1n) is 6.12. The van der Waals surface area contributed by atoms with Gasteiger partial charge in [-0.05, 0) is 25.5 Å². The highest BCUT2D eigenvalue weighted by molar-refractivity contribution is 5.92. The van der Waals surface area contributed by atoms with Crippen molar-refractivity contribution < 1.29 is 9.21 Å². The Kier molecular flexibility index (Phi) is 4.30. The van der Waals surface area contributed by atoms with Crippen molar-refractivity contribution in [1.82, 2.24) is 10.3 Å². The number of aryl methyl sites for hydroxylation is 2. The number of para-hydroxylation sites is 1. The molecule has 2 rings (SSSR count). The molecule has 2 N–H and O–H groups in total. The molecule has 19 heavy (non-hydrogen) atoms. The van der Waals surface area contributed by atoms with Crippen LogP contribution in [0.2, 0.25) is 0 Å². The first-order valence-corrected chi connectivity index (χ1v) is 6.12. The highest BCUT2D eigenvalue weighted by Crippen LogP contribution is 2.12. The first kappa shape index (κ1) is 13.3. The molecular formula is C14H17N3O2. The standard InChI is InChI=1S/C14H17N3O2/c1-10-5-3-4-6-12(10)17-13(18)8-15-9-14-16-7-11(2)19-14/h3-7,15H,8-9H2,1-2H3,(H,17,18). The summed E-state index contributed by atoms with van der Waals surface area (Å²) in [5.41, 5.74) is 1.88. The number of carbonyl (C=O) groups excluding carboxylic acids is 1. The molecule has 0 radical (unpaired) electrons. The predicted molar refractivity (Wildman–Crippen MR) is 72.8 cm³/mol. The number of aromatic nitrogens is 1. The lowest BCUT2D eigenvalue weighted by molar-refractivity contribution is -0.115. The number of benzene rings is 1. The van der Waals surface area contributed by atoms with Crippen LogP contribution < -0.4 is 10.6 Å². The van der Waals surface area contributed by atoms with Gasteiger partial charge < -0.3 is 9.73 Å². The maximum absolute atomic E-state index is 11.7. The quantitative estimate of drug-likeness (QED) is 0.862. The summed E-state index contributed by atoms with van der Waals surface area (Å²) >= 11 is 0. The normalized spacial score (nSPS) is 10.4. The molecule has 1 aromatic carbocycles. The van der Waals surface area contributed by atoms with E-state index in [9.17, 15) is 4.79 Å². The number of anilines is 1. The molecule has 2 aromatic rings. The van der Waals surface area contributed by atoms with Gasteiger partial charge in [0.25, 0.3) is 0 Å². The highest BCUT2D eigenvalue weighted by atomic mass is 16.4. The molecule has 1 amide bonds. The first-order chi connectivity index (χ1) is 9.15. The van der Waals surface area contributed by atoms with E-state index in [0.29, 0.717) is 12.4 Å². The fourth-order valence-corrected chi connectivity index (χ4v) is 1.67. The number of carbonyl (C=O) groups is 1.